The van der Waals surface area contributed by atoms with Crippen molar-refractivity contribution in [3.63, 3.8) is 0 Å². The lowest BCUT2D eigenvalue weighted by Crippen LogP contribution is -1.84. The van der Waals surface area contributed by atoms with Crippen LogP contribution < -0.4 is 0 Å². The van der Waals surface area contributed by atoms with Crippen LogP contribution >= 0.6 is 11.6 Å². The summed E-state index contributed by atoms with van der Waals surface area (Å²) in [7, 11) is 1.91. The third-order valence-electron chi connectivity index (χ3n) is 1.59. The van der Waals surface area contributed by atoms with Crippen LogP contribution in [0.5, 0.6) is 0 Å². The molecule has 0 unspecified atom stereocenters. The van der Waals surface area contributed by atoms with Crippen LogP contribution in [-0.4, -0.2) is 14.5 Å². The first-order chi connectivity index (χ1) is 5.29. The van der Waals surface area contributed by atoms with E-state index < -0.39 is 0 Å². The SMILES string of the molecule is Cn1cnc2c(Cl)cncc21. The Morgan fingerprint density at radius 1 is 1.45 bits per heavy atom. The Morgan fingerprint density at radius 3 is 3.00 bits per heavy atom. The Bertz CT molecular complexity index is 393. The summed E-state index contributed by atoms with van der Waals surface area (Å²) in [5, 5.41) is 0.600. The summed E-state index contributed by atoms with van der Waals surface area (Å²) < 4.78 is 1.88. The molecule has 0 N–H and O–H groups in total. The fourth-order valence-electron chi connectivity index (χ4n) is 1.01. The third kappa shape index (κ3) is 0.886. The predicted octanol–water partition coefficient (Wildman–Crippen LogP) is 1.62. The maximum absolute atomic E-state index is 5.83. The van der Waals surface area contributed by atoms with E-state index in [9.17, 15) is 0 Å². The van der Waals surface area contributed by atoms with Crippen LogP contribution in [0.25, 0.3) is 11.0 Å². The number of nitrogens with zero attached hydrogens (tertiary/aromatic N) is 3. The molecule has 2 aromatic heterocycles. The summed E-state index contributed by atoms with van der Waals surface area (Å²) in [5.41, 5.74) is 1.77. The van der Waals surface area contributed by atoms with E-state index in [1.54, 1.807) is 18.7 Å². The summed E-state index contributed by atoms with van der Waals surface area (Å²) in [6.45, 7) is 0. The number of fused-ring (bicyclic) bond motifs is 1. The normalized spacial score (nSPS) is 10.7. The maximum atomic E-state index is 5.83. The van der Waals surface area contributed by atoms with Crippen molar-refractivity contribution in [1.82, 2.24) is 14.5 Å². The molecule has 2 rings (SSSR count). The summed E-state index contributed by atoms with van der Waals surface area (Å²) in [6.07, 6.45) is 5.06. The molecule has 0 fully saturated rings. The molecule has 56 valence electrons. The molecule has 3 nitrogen and oxygen atoms in total. The van der Waals surface area contributed by atoms with Gasteiger partial charge < -0.3 is 4.57 Å². The summed E-state index contributed by atoms with van der Waals surface area (Å²) in [4.78, 5) is 8.06. The number of rotatable bonds is 0. The van der Waals surface area contributed by atoms with Gasteiger partial charge in [-0.05, 0) is 0 Å². The third-order valence-corrected chi connectivity index (χ3v) is 1.87. The van der Waals surface area contributed by atoms with Crippen LogP contribution in [0.4, 0.5) is 0 Å². The van der Waals surface area contributed by atoms with E-state index in [0.717, 1.165) is 11.0 Å². The number of hydrogen-bond acceptors (Lipinski definition) is 2. The highest BCUT2D eigenvalue weighted by atomic mass is 35.5. The Kier molecular flexibility index (Phi) is 1.32. The quantitative estimate of drug-likeness (QED) is 0.597. The van der Waals surface area contributed by atoms with E-state index in [0.29, 0.717) is 5.02 Å². The number of aromatic nitrogens is 3. The van der Waals surface area contributed by atoms with Crippen LogP contribution in [-0.2, 0) is 7.05 Å². The molecule has 0 atom stereocenters. The molecule has 0 radical (unpaired) electrons. The summed E-state index contributed by atoms with van der Waals surface area (Å²) >= 11 is 5.83. The molecule has 0 saturated heterocycles. The molecule has 0 aliphatic heterocycles. The van der Waals surface area contributed by atoms with Gasteiger partial charge in [-0.15, -0.1) is 0 Å². The van der Waals surface area contributed by atoms with E-state index in [1.807, 2.05) is 11.6 Å². The highest BCUT2D eigenvalue weighted by Crippen LogP contribution is 2.18. The van der Waals surface area contributed by atoms with Crippen molar-refractivity contribution >= 4 is 22.6 Å². The van der Waals surface area contributed by atoms with Gasteiger partial charge in [0, 0.05) is 13.2 Å². The number of pyridine rings is 1. The number of imidazole rings is 1. The van der Waals surface area contributed by atoms with E-state index in [-0.39, 0.29) is 0 Å². The largest absolute Gasteiger partial charge is 0.332 e. The first-order valence-electron chi connectivity index (χ1n) is 3.19. The minimum absolute atomic E-state index is 0.600. The smallest absolute Gasteiger partial charge is 0.110 e. The maximum Gasteiger partial charge on any atom is 0.110 e. The summed E-state index contributed by atoms with van der Waals surface area (Å²) in [6, 6.07) is 0. The molecule has 4 heteroatoms. The Morgan fingerprint density at radius 2 is 2.27 bits per heavy atom. The highest BCUT2D eigenvalue weighted by Gasteiger charge is 2.02. The van der Waals surface area contributed by atoms with Crippen molar-refractivity contribution < 1.29 is 0 Å². The molecule has 0 bridgehead atoms. The zero-order valence-corrected chi connectivity index (χ0v) is 6.71. The van der Waals surface area contributed by atoms with Gasteiger partial charge in [-0.3, -0.25) is 4.98 Å². The lowest BCUT2D eigenvalue weighted by atomic mass is 10.4. The minimum Gasteiger partial charge on any atom is -0.332 e. The topological polar surface area (TPSA) is 30.7 Å². The van der Waals surface area contributed by atoms with Gasteiger partial charge in [-0.1, -0.05) is 11.6 Å². The van der Waals surface area contributed by atoms with Gasteiger partial charge in [0.1, 0.15) is 5.52 Å². The van der Waals surface area contributed by atoms with Gasteiger partial charge in [0.05, 0.1) is 23.1 Å². The van der Waals surface area contributed by atoms with Crippen molar-refractivity contribution in [2.75, 3.05) is 0 Å². The van der Waals surface area contributed by atoms with Crippen LogP contribution in [0.3, 0.4) is 0 Å². The number of halogens is 1. The molecule has 11 heavy (non-hydrogen) atoms. The van der Waals surface area contributed by atoms with Gasteiger partial charge in [0.25, 0.3) is 0 Å². The molecule has 0 aliphatic carbocycles. The second kappa shape index (κ2) is 2.20. The van der Waals surface area contributed by atoms with Gasteiger partial charge in [-0.2, -0.15) is 0 Å². The molecule has 0 aliphatic rings. The van der Waals surface area contributed by atoms with Gasteiger partial charge in [0.2, 0.25) is 0 Å². The second-order valence-electron chi connectivity index (χ2n) is 2.34. The molecule has 0 amide bonds. The van der Waals surface area contributed by atoms with Crippen LogP contribution in [0.2, 0.25) is 5.02 Å². The molecule has 0 saturated carbocycles. The highest BCUT2D eigenvalue weighted by molar-refractivity contribution is 6.34. The van der Waals surface area contributed by atoms with Gasteiger partial charge >= 0.3 is 0 Å². The zero-order chi connectivity index (χ0) is 7.84. The second-order valence-corrected chi connectivity index (χ2v) is 2.75. The lowest BCUT2D eigenvalue weighted by Gasteiger charge is -1.92. The van der Waals surface area contributed by atoms with Crippen molar-refractivity contribution in [3.05, 3.63) is 23.7 Å². The lowest BCUT2D eigenvalue weighted by molar-refractivity contribution is 0.945. The predicted molar refractivity (Wildman–Crippen MR) is 43.5 cm³/mol. The van der Waals surface area contributed by atoms with Gasteiger partial charge in [-0.25, -0.2) is 4.98 Å². The van der Waals surface area contributed by atoms with Crippen molar-refractivity contribution in [3.8, 4) is 0 Å². The Labute approximate surface area is 68.6 Å². The van der Waals surface area contributed by atoms with Crippen LogP contribution in [0, 0.1) is 0 Å². The van der Waals surface area contributed by atoms with Crippen molar-refractivity contribution in [1.29, 1.82) is 0 Å². The molecule has 2 aromatic rings. The molecule has 2 heterocycles. The van der Waals surface area contributed by atoms with E-state index in [2.05, 4.69) is 9.97 Å². The minimum atomic E-state index is 0.600. The fraction of sp³-hybridized carbons (Fsp3) is 0.143. The van der Waals surface area contributed by atoms with Gasteiger partial charge in [0.15, 0.2) is 0 Å². The first-order valence-corrected chi connectivity index (χ1v) is 3.57. The fourth-order valence-corrected chi connectivity index (χ4v) is 1.21. The average molecular weight is 168 g/mol. The van der Waals surface area contributed by atoms with E-state index in [4.69, 9.17) is 11.6 Å². The van der Waals surface area contributed by atoms with Crippen LogP contribution in [0.1, 0.15) is 0 Å². The number of aryl methyl sites for hydroxylation is 1. The monoisotopic (exact) mass is 167 g/mol. The van der Waals surface area contributed by atoms with Crippen molar-refractivity contribution in [2.45, 2.75) is 0 Å². The molecular formula is C7H6ClN3. The van der Waals surface area contributed by atoms with Crippen molar-refractivity contribution in [2.24, 2.45) is 7.05 Å². The first kappa shape index (κ1) is 6.61. The molecule has 0 spiro atoms. The van der Waals surface area contributed by atoms with Crippen LogP contribution in [0.15, 0.2) is 18.7 Å². The van der Waals surface area contributed by atoms with E-state index >= 15 is 0 Å². The summed E-state index contributed by atoms with van der Waals surface area (Å²) in [5.74, 6) is 0. The number of hydrogen-bond donors (Lipinski definition) is 0. The Balaban J connectivity index is 2.94. The Hall–Kier alpha value is -1.09. The average Bonchev–Trinajstić information content (AvgIpc) is 2.35. The molecule has 0 aromatic carbocycles. The molecular weight excluding hydrogens is 162 g/mol. The standard InChI is InChI=1S/C7H6ClN3/c1-11-4-10-7-5(8)2-9-3-6(7)11/h2-4H,1H3. The van der Waals surface area contributed by atoms with E-state index in [1.165, 1.54) is 0 Å². The zero-order valence-electron chi connectivity index (χ0n) is 5.95.